The maximum atomic E-state index is 12.5. The lowest BCUT2D eigenvalue weighted by Gasteiger charge is -2.12. The van der Waals surface area contributed by atoms with Crippen molar-refractivity contribution in [1.29, 1.82) is 0 Å². The Labute approximate surface area is 177 Å². The lowest BCUT2D eigenvalue weighted by molar-refractivity contribution is -0.120. The van der Waals surface area contributed by atoms with E-state index in [1.165, 1.54) is 11.8 Å². The van der Waals surface area contributed by atoms with Crippen molar-refractivity contribution in [1.82, 2.24) is 25.5 Å². The highest BCUT2D eigenvalue weighted by Crippen LogP contribution is 2.32. The highest BCUT2D eigenvalue weighted by Gasteiger charge is 2.19. The van der Waals surface area contributed by atoms with E-state index < -0.39 is 0 Å². The van der Waals surface area contributed by atoms with Gasteiger partial charge in [0.1, 0.15) is 5.75 Å². The summed E-state index contributed by atoms with van der Waals surface area (Å²) in [5.74, 6) is 2.11. The molecule has 1 N–H and O–H groups in total. The van der Waals surface area contributed by atoms with E-state index in [2.05, 4.69) is 20.8 Å². The lowest BCUT2D eigenvalue weighted by Crippen LogP contribution is -2.30. The van der Waals surface area contributed by atoms with E-state index in [4.69, 9.17) is 14.2 Å². The zero-order chi connectivity index (χ0) is 20.9. The van der Waals surface area contributed by atoms with Gasteiger partial charge in [-0.1, -0.05) is 30.0 Å². The Hall–Kier alpha value is -3.27. The number of benzene rings is 2. The number of carbonyl (C=O) groups is 1. The van der Waals surface area contributed by atoms with Crippen molar-refractivity contribution in [3.63, 3.8) is 0 Å². The van der Waals surface area contributed by atoms with E-state index in [1.54, 1.807) is 11.8 Å². The number of hydrogen-bond acceptors (Lipinski definition) is 8. The van der Waals surface area contributed by atoms with Crippen LogP contribution in [0.4, 0.5) is 0 Å². The molecule has 2 aromatic carbocycles. The predicted molar refractivity (Wildman–Crippen MR) is 110 cm³/mol. The number of nitrogens with one attached hydrogen (secondary N) is 1. The van der Waals surface area contributed by atoms with E-state index in [0.717, 1.165) is 22.6 Å². The minimum absolute atomic E-state index is 0.100. The van der Waals surface area contributed by atoms with E-state index in [9.17, 15) is 4.79 Å². The molecule has 3 aromatic rings. The fourth-order valence-electron chi connectivity index (χ4n) is 2.88. The zero-order valence-electron chi connectivity index (χ0n) is 16.6. The molecule has 9 nitrogen and oxygen atoms in total. The largest absolute Gasteiger partial charge is 0.497 e. The summed E-state index contributed by atoms with van der Waals surface area (Å²) in [6.07, 6.45) is 0. The summed E-state index contributed by atoms with van der Waals surface area (Å²) in [7, 11) is 1.63. The van der Waals surface area contributed by atoms with Crippen LogP contribution in [0.25, 0.3) is 0 Å². The summed E-state index contributed by atoms with van der Waals surface area (Å²) >= 11 is 1.31. The van der Waals surface area contributed by atoms with Gasteiger partial charge in [-0.3, -0.25) is 4.79 Å². The van der Waals surface area contributed by atoms with Gasteiger partial charge in [0.2, 0.25) is 17.9 Å². The molecule has 0 saturated carbocycles. The Kier molecular flexibility index (Phi) is 6.03. The molecule has 0 radical (unpaired) electrons. The Bertz CT molecular complexity index is 1020. The molecule has 156 valence electrons. The molecular weight excluding hydrogens is 406 g/mol. The van der Waals surface area contributed by atoms with Crippen LogP contribution in [-0.4, -0.2) is 45.3 Å². The predicted octanol–water partition coefficient (Wildman–Crippen LogP) is 2.26. The summed E-state index contributed by atoms with van der Waals surface area (Å²) in [5.41, 5.74) is 1.97. The molecule has 0 unspecified atom stereocenters. The van der Waals surface area contributed by atoms with Crippen LogP contribution in [0.15, 0.2) is 47.6 Å². The number of thioether (sulfide) groups is 1. The van der Waals surface area contributed by atoms with Gasteiger partial charge >= 0.3 is 0 Å². The highest BCUT2D eigenvalue weighted by molar-refractivity contribution is 8.00. The van der Waals surface area contributed by atoms with E-state index in [0.29, 0.717) is 24.0 Å². The van der Waals surface area contributed by atoms with Gasteiger partial charge in [-0.25, -0.2) is 4.68 Å². The number of methoxy groups -OCH3 is 1. The fourth-order valence-corrected chi connectivity index (χ4v) is 3.69. The van der Waals surface area contributed by atoms with E-state index in [-0.39, 0.29) is 18.0 Å². The van der Waals surface area contributed by atoms with Gasteiger partial charge in [-0.2, -0.15) is 0 Å². The molecule has 0 fully saturated rings. The Morgan fingerprint density at radius 2 is 1.97 bits per heavy atom. The number of aromatic nitrogens is 4. The molecule has 4 rings (SSSR count). The second-order valence-electron chi connectivity index (χ2n) is 6.63. The molecule has 0 spiro atoms. The molecule has 30 heavy (non-hydrogen) atoms. The van der Waals surface area contributed by atoms with Crippen LogP contribution in [0, 0.1) is 0 Å². The van der Waals surface area contributed by atoms with Gasteiger partial charge in [-0.15, -0.1) is 5.10 Å². The maximum Gasteiger partial charge on any atom is 0.233 e. The average Bonchev–Trinajstić information content (AvgIpc) is 3.41. The number of tetrazole rings is 1. The SMILES string of the molecule is COc1ccc(Cn2nnnc2S[C@H](C)C(=O)NCc2ccc3c(c2)OCO3)cc1. The lowest BCUT2D eigenvalue weighted by atomic mass is 10.2. The summed E-state index contributed by atoms with van der Waals surface area (Å²) in [5, 5.41) is 15.0. The number of nitrogens with zero attached hydrogens (tertiary/aromatic N) is 4. The van der Waals surface area contributed by atoms with Crippen molar-refractivity contribution >= 4 is 17.7 Å². The van der Waals surface area contributed by atoms with Crippen molar-refractivity contribution in [3.05, 3.63) is 53.6 Å². The van der Waals surface area contributed by atoms with Crippen molar-refractivity contribution in [2.24, 2.45) is 0 Å². The number of rotatable bonds is 8. The quantitative estimate of drug-likeness (QED) is 0.547. The normalized spacial score (nSPS) is 13.1. The minimum Gasteiger partial charge on any atom is -0.497 e. The second-order valence-corrected chi connectivity index (χ2v) is 7.94. The molecule has 0 saturated heterocycles. The van der Waals surface area contributed by atoms with Crippen molar-refractivity contribution in [2.45, 2.75) is 30.4 Å². The third-order valence-corrected chi connectivity index (χ3v) is 5.62. The van der Waals surface area contributed by atoms with Gasteiger partial charge in [0.25, 0.3) is 0 Å². The second kappa shape index (κ2) is 9.04. The Morgan fingerprint density at radius 1 is 1.20 bits per heavy atom. The molecule has 1 atom stereocenters. The number of fused-ring (bicyclic) bond motifs is 1. The van der Waals surface area contributed by atoms with Crippen LogP contribution in [-0.2, 0) is 17.9 Å². The molecule has 1 amide bonds. The minimum atomic E-state index is -0.361. The van der Waals surface area contributed by atoms with Crippen molar-refractivity contribution < 1.29 is 19.0 Å². The molecule has 10 heteroatoms. The first-order valence-electron chi connectivity index (χ1n) is 9.34. The molecule has 2 heterocycles. The summed E-state index contributed by atoms with van der Waals surface area (Å²) < 4.78 is 17.5. The standard InChI is InChI=1S/C20H21N5O4S/c1-13(19(26)21-10-15-5-8-17-18(9-15)29-12-28-17)30-20-22-23-24-25(20)11-14-3-6-16(27-2)7-4-14/h3-9,13H,10-12H2,1-2H3,(H,21,26)/t13-/m1/s1. The first kappa shape index (κ1) is 20.0. The van der Waals surface area contributed by atoms with Gasteiger partial charge in [0, 0.05) is 6.54 Å². The number of amides is 1. The van der Waals surface area contributed by atoms with Crippen LogP contribution in [0.1, 0.15) is 18.1 Å². The van der Waals surface area contributed by atoms with Crippen LogP contribution in [0.3, 0.4) is 0 Å². The molecule has 1 aliphatic heterocycles. The summed E-state index contributed by atoms with van der Waals surface area (Å²) in [6, 6.07) is 13.3. The molecule has 1 aromatic heterocycles. The van der Waals surface area contributed by atoms with E-state index in [1.807, 2.05) is 49.4 Å². The molecule has 1 aliphatic rings. The topological polar surface area (TPSA) is 100 Å². The molecule has 0 bridgehead atoms. The number of ether oxygens (including phenoxy) is 3. The van der Waals surface area contributed by atoms with Gasteiger partial charge in [0.05, 0.1) is 18.9 Å². The maximum absolute atomic E-state index is 12.5. The van der Waals surface area contributed by atoms with Gasteiger partial charge in [0.15, 0.2) is 11.5 Å². The fraction of sp³-hybridized carbons (Fsp3) is 0.300. The van der Waals surface area contributed by atoms with Gasteiger partial charge < -0.3 is 19.5 Å². The smallest absolute Gasteiger partial charge is 0.233 e. The first-order valence-corrected chi connectivity index (χ1v) is 10.2. The number of hydrogen-bond donors (Lipinski definition) is 1. The first-order chi connectivity index (χ1) is 14.6. The van der Waals surface area contributed by atoms with Crippen LogP contribution in [0.5, 0.6) is 17.2 Å². The third-order valence-electron chi connectivity index (χ3n) is 4.55. The van der Waals surface area contributed by atoms with Gasteiger partial charge in [-0.05, 0) is 52.7 Å². The third kappa shape index (κ3) is 4.65. The summed E-state index contributed by atoms with van der Waals surface area (Å²) in [4.78, 5) is 12.5. The monoisotopic (exact) mass is 427 g/mol. The van der Waals surface area contributed by atoms with Crippen LogP contribution in [0.2, 0.25) is 0 Å². The summed E-state index contributed by atoms with van der Waals surface area (Å²) in [6.45, 7) is 2.96. The molecule has 0 aliphatic carbocycles. The van der Waals surface area contributed by atoms with E-state index >= 15 is 0 Å². The van der Waals surface area contributed by atoms with Crippen molar-refractivity contribution in [3.8, 4) is 17.2 Å². The Morgan fingerprint density at radius 3 is 2.77 bits per heavy atom. The average molecular weight is 427 g/mol. The van der Waals surface area contributed by atoms with Crippen molar-refractivity contribution in [2.75, 3.05) is 13.9 Å². The van der Waals surface area contributed by atoms with Crippen LogP contribution < -0.4 is 19.5 Å². The number of carbonyl (C=O) groups excluding carboxylic acids is 1. The van der Waals surface area contributed by atoms with Crippen LogP contribution >= 0.6 is 11.8 Å². The molecular formula is C20H21N5O4S. The zero-order valence-corrected chi connectivity index (χ0v) is 17.4. The Balaban J connectivity index is 1.32. The highest BCUT2D eigenvalue weighted by atomic mass is 32.2.